The van der Waals surface area contributed by atoms with Gasteiger partial charge in [-0.25, -0.2) is 4.98 Å². The maximum atomic E-state index is 12.6. The molecular formula is C21H23BrN4O2. The highest BCUT2D eigenvalue weighted by Gasteiger charge is 2.08. The predicted octanol–water partition coefficient (Wildman–Crippen LogP) is 3.29. The van der Waals surface area contributed by atoms with Crippen molar-refractivity contribution in [2.45, 2.75) is 19.4 Å². The van der Waals surface area contributed by atoms with Gasteiger partial charge in [-0.15, -0.1) is 0 Å². The van der Waals surface area contributed by atoms with Crippen LogP contribution in [0.3, 0.4) is 0 Å². The Labute approximate surface area is 172 Å². The zero-order valence-corrected chi connectivity index (χ0v) is 17.6. The summed E-state index contributed by atoms with van der Waals surface area (Å²) in [5, 5.41) is 3.41. The maximum Gasteiger partial charge on any atom is 0.261 e. The Morgan fingerprint density at radius 2 is 1.93 bits per heavy atom. The van der Waals surface area contributed by atoms with E-state index in [-0.39, 0.29) is 24.4 Å². The largest absolute Gasteiger partial charge is 0.326 e. The number of nitrogens with one attached hydrogen (secondary N) is 1. The minimum absolute atomic E-state index is 0.137. The van der Waals surface area contributed by atoms with Crippen LogP contribution in [-0.4, -0.2) is 41.0 Å². The standard InChI is InChI=1S/C21H23BrN4O2/c1-25(2)11-9-15-3-6-17(7-4-15)24-20(27)10-12-26-14-23-19-8-5-16(22)13-18(19)21(26)28/h3-8,13-14H,9-12H2,1-2H3,(H,24,27). The molecule has 0 fully saturated rings. The van der Waals surface area contributed by atoms with E-state index in [1.807, 2.05) is 44.4 Å². The molecule has 0 radical (unpaired) electrons. The van der Waals surface area contributed by atoms with Gasteiger partial charge in [-0.3, -0.25) is 14.2 Å². The molecule has 0 aliphatic rings. The molecule has 6 nitrogen and oxygen atoms in total. The Hall–Kier alpha value is -2.51. The van der Waals surface area contributed by atoms with Gasteiger partial charge in [0.15, 0.2) is 0 Å². The Morgan fingerprint density at radius 1 is 1.18 bits per heavy atom. The maximum absolute atomic E-state index is 12.6. The number of likely N-dealkylation sites (N-methyl/N-ethyl adjacent to an activating group) is 1. The van der Waals surface area contributed by atoms with E-state index in [0.29, 0.717) is 10.9 Å². The summed E-state index contributed by atoms with van der Waals surface area (Å²) < 4.78 is 2.29. The molecule has 0 aliphatic carbocycles. The number of halogens is 1. The molecular weight excluding hydrogens is 420 g/mol. The molecule has 146 valence electrons. The van der Waals surface area contributed by atoms with Gasteiger partial charge in [0.05, 0.1) is 17.2 Å². The molecule has 28 heavy (non-hydrogen) atoms. The molecule has 0 saturated carbocycles. The van der Waals surface area contributed by atoms with Crippen LogP contribution >= 0.6 is 15.9 Å². The molecule has 0 spiro atoms. The van der Waals surface area contributed by atoms with Crippen molar-refractivity contribution in [2.75, 3.05) is 26.0 Å². The number of aryl methyl sites for hydroxylation is 1. The fraction of sp³-hybridized carbons (Fsp3) is 0.286. The Kier molecular flexibility index (Phi) is 6.59. The summed E-state index contributed by atoms with van der Waals surface area (Å²) in [6.07, 6.45) is 2.66. The lowest BCUT2D eigenvalue weighted by molar-refractivity contribution is -0.116. The molecule has 7 heteroatoms. The van der Waals surface area contributed by atoms with Crippen LogP contribution in [0.2, 0.25) is 0 Å². The van der Waals surface area contributed by atoms with Crippen LogP contribution in [-0.2, 0) is 17.8 Å². The molecule has 1 amide bonds. The third-order valence-corrected chi connectivity index (χ3v) is 4.94. The first-order chi connectivity index (χ1) is 13.4. The van der Waals surface area contributed by atoms with Gasteiger partial charge in [-0.2, -0.15) is 0 Å². The number of benzene rings is 2. The van der Waals surface area contributed by atoms with Crippen molar-refractivity contribution in [2.24, 2.45) is 0 Å². The number of amides is 1. The number of carbonyl (C=O) groups excluding carboxylic acids is 1. The number of aromatic nitrogens is 2. The Bertz CT molecular complexity index is 1030. The van der Waals surface area contributed by atoms with E-state index in [1.165, 1.54) is 16.5 Å². The number of fused-ring (bicyclic) bond motifs is 1. The van der Waals surface area contributed by atoms with Crippen LogP contribution in [0.5, 0.6) is 0 Å². The number of hydrogen-bond donors (Lipinski definition) is 1. The number of hydrogen-bond acceptors (Lipinski definition) is 4. The lowest BCUT2D eigenvalue weighted by Crippen LogP contribution is -2.23. The van der Waals surface area contributed by atoms with Gasteiger partial charge in [-0.05, 0) is 56.4 Å². The Balaban J connectivity index is 1.59. The van der Waals surface area contributed by atoms with Crippen molar-refractivity contribution in [1.29, 1.82) is 0 Å². The molecule has 0 bridgehead atoms. The predicted molar refractivity (Wildman–Crippen MR) is 116 cm³/mol. The van der Waals surface area contributed by atoms with Gasteiger partial charge in [0.25, 0.3) is 5.56 Å². The molecule has 1 N–H and O–H groups in total. The highest BCUT2D eigenvalue weighted by molar-refractivity contribution is 9.10. The molecule has 1 heterocycles. The van der Waals surface area contributed by atoms with Crippen LogP contribution < -0.4 is 10.9 Å². The van der Waals surface area contributed by atoms with Gasteiger partial charge >= 0.3 is 0 Å². The zero-order chi connectivity index (χ0) is 20.1. The number of carbonyl (C=O) groups is 1. The minimum atomic E-state index is -0.149. The van der Waals surface area contributed by atoms with Crippen LogP contribution in [0, 0.1) is 0 Å². The number of nitrogens with zero attached hydrogens (tertiary/aromatic N) is 3. The lowest BCUT2D eigenvalue weighted by atomic mass is 10.1. The van der Waals surface area contributed by atoms with E-state index in [4.69, 9.17) is 0 Å². The normalized spacial score (nSPS) is 11.1. The van der Waals surface area contributed by atoms with Gasteiger partial charge in [0, 0.05) is 29.7 Å². The summed E-state index contributed by atoms with van der Waals surface area (Å²) in [4.78, 5) is 31.2. The Morgan fingerprint density at radius 3 is 2.64 bits per heavy atom. The first-order valence-electron chi connectivity index (χ1n) is 9.10. The summed E-state index contributed by atoms with van der Waals surface area (Å²) in [6, 6.07) is 13.2. The molecule has 1 aromatic heterocycles. The van der Waals surface area contributed by atoms with E-state index in [0.717, 1.165) is 23.1 Å². The molecule has 0 atom stereocenters. The third kappa shape index (κ3) is 5.27. The van der Waals surface area contributed by atoms with E-state index < -0.39 is 0 Å². The third-order valence-electron chi connectivity index (χ3n) is 4.45. The molecule has 0 unspecified atom stereocenters. The molecule has 0 aliphatic heterocycles. The SMILES string of the molecule is CN(C)CCc1ccc(NC(=O)CCn2cnc3ccc(Br)cc3c2=O)cc1. The number of anilines is 1. The van der Waals surface area contributed by atoms with Gasteiger partial charge in [-0.1, -0.05) is 28.1 Å². The van der Waals surface area contributed by atoms with E-state index in [1.54, 1.807) is 12.1 Å². The fourth-order valence-electron chi connectivity index (χ4n) is 2.84. The zero-order valence-electron chi connectivity index (χ0n) is 16.0. The molecule has 3 rings (SSSR count). The fourth-order valence-corrected chi connectivity index (χ4v) is 3.20. The summed E-state index contributed by atoms with van der Waals surface area (Å²) in [6.45, 7) is 1.26. The second-order valence-electron chi connectivity index (χ2n) is 6.95. The first-order valence-corrected chi connectivity index (χ1v) is 9.90. The van der Waals surface area contributed by atoms with Gasteiger partial charge in [0.1, 0.15) is 0 Å². The topological polar surface area (TPSA) is 67.2 Å². The average molecular weight is 443 g/mol. The van der Waals surface area contributed by atoms with E-state index in [9.17, 15) is 9.59 Å². The highest BCUT2D eigenvalue weighted by atomic mass is 79.9. The second-order valence-corrected chi connectivity index (χ2v) is 7.87. The second kappa shape index (κ2) is 9.12. The average Bonchev–Trinajstić information content (AvgIpc) is 2.67. The van der Waals surface area contributed by atoms with Crippen molar-refractivity contribution < 1.29 is 4.79 Å². The van der Waals surface area contributed by atoms with Crippen molar-refractivity contribution in [3.8, 4) is 0 Å². The van der Waals surface area contributed by atoms with Gasteiger partial charge < -0.3 is 10.2 Å². The van der Waals surface area contributed by atoms with Crippen molar-refractivity contribution >= 4 is 38.4 Å². The van der Waals surface area contributed by atoms with Crippen LogP contribution in [0.15, 0.2) is 58.1 Å². The lowest BCUT2D eigenvalue weighted by Gasteiger charge is -2.10. The molecule has 0 saturated heterocycles. The van der Waals surface area contributed by atoms with Crippen LogP contribution in [0.1, 0.15) is 12.0 Å². The van der Waals surface area contributed by atoms with Crippen LogP contribution in [0.4, 0.5) is 5.69 Å². The summed E-state index contributed by atoms with van der Waals surface area (Å²) >= 11 is 3.37. The number of rotatable bonds is 7. The minimum Gasteiger partial charge on any atom is -0.326 e. The summed E-state index contributed by atoms with van der Waals surface area (Å²) in [5.41, 5.74) is 2.48. The monoisotopic (exact) mass is 442 g/mol. The smallest absolute Gasteiger partial charge is 0.261 e. The van der Waals surface area contributed by atoms with E-state index >= 15 is 0 Å². The summed E-state index contributed by atoms with van der Waals surface area (Å²) in [7, 11) is 4.09. The van der Waals surface area contributed by atoms with Crippen molar-refractivity contribution in [3.63, 3.8) is 0 Å². The van der Waals surface area contributed by atoms with Crippen molar-refractivity contribution in [3.05, 3.63) is 69.2 Å². The van der Waals surface area contributed by atoms with Crippen LogP contribution in [0.25, 0.3) is 10.9 Å². The molecule has 2 aromatic carbocycles. The quantitative estimate of drug-likeness (QED) is 0.609. The van der Waals surface area contributed by atoms with Gasteiger partial charge in [0.2, 0.25) is 5.91 Å². The van der Waals surface area contributed by atoms with E-state index in [2.05, 4.69) is 31.1 Å². The molecule has 3 aromatic rings. The highest BCUT2D eigenvalue weighted by Crippen LogP contribution is 2.15. The first kappa shape index (κ1) is 20.2. The summed E-state index contributed by atoms with van der Waals surface area (Å²) in [5.74, 6) is -0.137. The van der Waals surface area contributed by atoms with Crippen molar-refractivity contribution in [1.82, 2.24) is 14.5 Å².